The topological polar surface area (TPSA) is 21.3 Å². The lowest BCUT2D eigenvalue weighted by atomic mass is 10.2. The van der Waals surface area contributed by atoms with Crippen LogP contribution < -0.4 is 5.32 Å². The molecule has 1 unspecified atom stereocenters. The number of rotatable bonds is 6. The van der Waals surface area contributed by atoms with Gasteiger partial charge in [0.1, 0.15) is 5.82 Å². The van der Waals surface area contributed by atoms with Crippen molar-refractivity contribution in [2.75, 3.05) is 19.6 Å². The summed E-state index contributed by atoms with van der Waals surface area (Å²) < 4.78 is 18.1. The second-order valence-corrected chi connectivity index (χ2v) is 4.15. The van der Waals surface area contributed by atoms with Crippen molar-refractivity contribution in [1.29, 1.82) is 0 Å². The fourth-order valence-corrected chi connectivity index (χ4v) is 1.59. The van der Waals surface area contributed by atoms with Gasteiger partial charge in [-0.2, -0.15) is 0 Å². The molecular formula is C11H14Cl2FNO. The smallest absolute Gasteiger partial charge is 0.142 e. The van der Waals surface area contributed by atoms with Crippen molar-refractivity contribution in [3.05, 3.63) is 34.6 Å². The molecule has 2 nitrogen and oxygen atoms in total. The lowest BCUT2D eigenvalue weighted by molar-refractivity contribution is 0.172. The normalized spacial score (nSPS) is 12.8. The van der Waals surface area contributed by atoms with Crippen molar-refractivity contribution in [2.24, 2.45) is 0 Å². The van der Waals surface area contributed by atoms with E-state index >= 15 is 0 Å². The molecule has 0 aliphatic carbocycles. The molecule has 0 aliphatic heterocycles. The van der Waals surface area contributed by atoms with Crippen molar-refractivity contribution in [3.8, 4) is 0 Å². The van der Waals surface area contributed by atoms with Crippen LogP contribution in [0.3, 0.4) is 0 Å². The van der Waals surface area contributed by atoms with E-state index in [2.05, 4.69) is 5.32 Å². The van der Waals surface area contributed by atoms with Crippen LogP contribution in [-0.4, -0.2) is 25.6 Å². The highest BCUT2D eigenvalue weighted by molar-refractivity contribution is 6.30. The van der Waals surface area contributed by atoms with E-state index in [1.807, 2.05) is 0 Å². The van der Waals surface area contributed by atoms with Gasteiger partial charge in [0.2, 0.25) is 0 Å². The summed E-state index contributed by atoms with van der Waals surface area (Å²) in [6, 6.07) is 4.79. The van der Waals surface area contributed by atoms with Crippen LogP contribution in [0.15, 0.2) is 18.2 Å². The first-order chi connectivity index (χ1) is 7.67. The van der Waals surface area contributed by atoms with Gasteiger partial charge in [0, 0.05) is 25.6 Å². The summed E-state index contributed by atoms with van der Waals surface area (Å²) in [7, 11) is 1.61. The number of benzene rings is 1. The number of methoxy groups -OCH3 is 1. The highest BCUT2D eigenvalue weighted by atomic mass is 35.5. The number of hydrogen-bond acceptors (Lipinski definition) is 2. The second-order valence-electron chi connectivity index (χ2n) is 3.44. The Morgan fingerprint density at radius 2 is 2.25 bits per heavy atom. The summed E-state index contributed by atoms with van der Waals surface area (Å²) in [6.07, 6.45) is 0. The lowest BCUT2D eigenvalue weighted by Gasteiger charge is -2.14. The van der Waals surface area contributed by atoms with E-state index in [0.717, 1.165) is 5.56 Å². The molecule has 0 saturated carbocycles. The van der Waals surface area contributed by atoms with Crippen molar-refractivity contribution < 1.29 is 9.13 Å². The van der Waals surface area contributed by atoms with Gasteiger partial charge in [0.15, 0.2) is 0 Å². The van der Waals surface area contributed by atoms with E-state index in [-0.39, 0.29) is 11.1 Å². The maximum atomic E-state index is 13.1. The number of ether oxygens (including phenoxy) is 1. The molecule has 0 saturated heterocycles. The summed E-state index contributed by atoms with van der Waals surface area (Å²) in [5.74, 6) is 0.0410. The van der Waals surface area contributed by atoms with Gasteiger partial charge in [0.05, 0.1) is 11.6 Å². The van der Waals surface area contributed by atoms with Crippen molar-refractivity contribution in [1.82, 2.24) is 5.32 Å². The zero-order chi connectivity index (χ0) is 12.0. The third kappa shape index (κ3) is 4.26. The van der Waals surface area contributed by atoms with Gasteiger partial charge in [-0.25, -0.2) is 4.39 Å². The van der Waals surface area contributed by atoms with E-state index in [0.29, 0.717) is 19.0 Å². The fraction of sp³-hybridized carbons (Fsp3) is 0.455. The first kappa shape index (κ1) is 13.7. The zero-order valence-corrected chi connectivity index (χ0v) is 10.5. The monoisotopic (exact) mass is 265 g/mol. The molecule has 16 heavy (non-hydrogen) atoms. The molecule has 1 N–H and O–H groups in total. The zero-order valence-electron chi connectivity index (χ0n) is 8.97. The van der Waals surface area contributed by atoms with Gasteiger partial charge in [-0.15, -0.1) is 11.6 Å². The first-order valence-electron chi connectivity index (χ1n) is 4.89. The average Bonchev–Trinajstić information content (AvgIpc) is 2.28. The van der Waals surface area contributed by atoms with Crippen LogP contribution in [0.25, 0.3) is 0 Å². The molecule has 1 aromatic carbocycles. The van der Waals surface area contributed by atoms with Crippen LogP contribution in [0.5, 0.6) is 0 Å². The molecule has 1 rings (SSSR count). The Bertz CT molecular complexity index is 336. The molecule has 0 heterocycles. The van der Waals surface area contributed by atoms with Crippen molar-refractivity contribution in [2.45, 2.75) is 12.6 Å². The molecule has 90 valence electrons. The Labute approximate surface area is 105 Å². The van der Waals surface area contributed by atoms with E-state index in [1.54, 1.807) is 19.2 Å². The van der Waals surface area contributed by atoms with Gasteiger partial charge >= 0.3 is 0 Å². The molecule has 0 fully saturated rings. The van der Waals surface area contributed by atoms with E-state index in [9.17, 15) is 4.39 Å². The van der Waals surface area contributed by atoms with Gasteiger partial charge in [-0.3, -0.25) is 0 Å². The Morgan fingerprint density at radius 1 is 1.50 bits per heavy atom. The third-order valence-electron chi connectivity index (χ3n) is 2.13. The van der Waals surface area contributed by atoms with Crippen LogP contribution in [-0.2, 0) is 11.3 Å². The number of nitrogens with one attached hydrogen (secondary N) is 1. The minimum Gasteiger partial charge on any atom is -0.383 e. The van der Waals surface area contributed by atoms with E-state index in [1.165, 1.54) is 6.07 Å². The molecule has 0 amide bonds. The highest BCUT2D eigenvalue weighted by Crippen LogP contribution is 2.15. The van der Waals surface area contributed by atoms with Gasteiger partial charge in [-0.1, -0.05) is 17.7 Å². The lowest BCUT2D eigenvalue weighted by Crippen LogP contribution is -2.34. The second kappa shape index (κ2) is 7.07. The highest BCUT2D eigenvalue weighted by Gasteiger charge is 2.07. The van der Waals surface area contributed by atoms with Crippen molar-refractivity contribution >= 4 is 23.2 Å². The molecule has 5 heteroatoms. The van der Waals surface area contributed by atoms with Crippen LogP contribution in [0.1, 0.15) is 5.56 Å². The van der Waals surface area contributed by atoms with Crippen LogP contribution >= 0.6 is 23.2 Å². The Kier molecular flexibility index (Phi) is 6.06. The van der Waals surface area contributed by atoms with Crippen LogP contribution in [0, 0.1) is 5.82 Å². The van der Waals surface area contributed by atoms with E-state index < -0.39 is 5.82 Å². The molecule has 0 aliphatic rings. The third-order valence-corrected chi connectivity index (χ3v) is 2.81. The van der Waals surface area contributed by atoms with Gasteiger partial charge < -0.3 is 10.1 Å². The SMILES string of the molecule is COCC(CCl)NCc1ccc(Cl)c(F)c1. The standard InChI is InChI=1S/C11H14Cl2FNO/c1-16-7-9(5-12)15-6-8-2-3-10(13)11(14)4-8/h2-4,9,15H,5-7H2,1H3. The number of hydrogen-bond donors (Lipinski definition) is 1. The van der Waals surface area contributed by atoms with E-state index in [4.69, 9.17) is 27.9 Å². The summed E-state index contributed by atoms with van der Waals surface area (Å²) >= 11 is 11.3. The Morgan fingerprint density at radius 3 is 2.81 bits per heavy atom. The minimum absolute atomic E-state index is 0.0606. The fourth-order valence-electron chi connectivity index (χ4n) is 1.27. The maximum Gasteiger partial charge on any atom is 0.142 e. The average molecular weight is 266 g/mol. The minimum atomic E-state index is -0.407. The molecule has 0 spiro atoms. The Balaban J connectivity index is 2.50. The van der Waals surface area contributed by atoms with Crippen LogP contribution in [0.4, 0.5) is 4.39 Å². The van der Waals surface area contributed by atoms with Crippen LogP contribution in [0.2, 0.25) is 5.02 Å². The first-order valence-corrected chi connectivity index (χ1v) is 5.80. The maximum absolute atomic E-state index is 13.1. The quantitative estimate of drug-likeness (QED) is 0.799. The van der Waals surface area contributed by atoms with Crippen molar-refractivity contribution in [3.63, 3.8) is 0 Å². The molecule has 0 bridgehead atoms. The summed E-state index contributed by atoms with van der Waals surface area (Å²) in [5, 5.41) is 3.30. The predicted octanol–water partition coefficient (Wildman–Crippen LogP) is 2.82. The molecular weight excluding hydrogens is 252 g/mol. The summed E-state index contributed by atoms with van der Waals surface area (Å²) in [5.41, 5.74) is 0.827. The van der Waals surface area contributed by atoms with Gasteiger partial charge in [-0.05, 0) is 17.7 Å². The number of alkyl halides is 1. The van der Waals surface area contributed by atoms with Gasteiger partial charge in [0.25, 0.3) is 0 Å². The summed E-state index contributed by atoms with van der Waals surface area (Å²) in [4.78, 5) is 0. The molecule has 1 atom stereocenters. The molecule has 0 aromatic heterocycles. The Hall–Kier alpha value is -0.350. The molecule has 0 radical (unpaired) electrons. The predicted molar refractivity (Wildman–Crippen MR) is 64.6 cm³/mol. The summed E-state index contributed by atoms with van der Waals surface area (Å²) in [6.45, 7) is 1.06. The number of halogens is 3. The largest absolute Gasteiger partial charge is 0.383 e. The molecule has 1 aromatic rings.